The van der Waals surface area contributed by atoms with Gasteiger partial charge in [-0.25, -0.2) is 0 Å². The number of benzene rings is 1. The lowest BCUT2D eigenvalue weighted by Gasteiger charge is -2.26. The fourth-order valence-corrected chi connectivity index (χ4v) is 1.97. The number of hydrazine groups is 1. The van der Waals surface area contributed by atoms with Crippen molar-refractivity contribution in [2.75, 3.05) is 6.61 Å². The van der Waals surface area contributed by atoms with Crippen LogP contribution in [0.25, 0.3) is 0 Å². The van der Waals surface area contributed by atoms with Crippen LogP contribution in [0.5, 0.6) is 0 Å². The number of hydrogen-bond acceptors (Lipinski definition) is 3. The lowest BCUT2D eigenvalue weighted by Crippen LogP contribution is -2.40. The number of nitrogens with one attached hydrogen (secondary N) is 1. The first kappa shape index (κ1) is 14.7. The second kappa shape index (κ2) is 8.71. The van der Waals surface area contributed by atoms with E-state index in [4.69, 9.17) is 17.0 Å². The molecule has 1 aromatic rings. The van der Waals surface area contributed by atoms with E-state index in [9.17, 15) is 0 Å². The topological polar surface area (TPSA) is 47.3 Å². The third-order valence-corrected chi connectivity index (χ3v) is 2.92. The summed E-state index contributed by atoms with van der Waals surface area (Å²) in [5.74, 6) is 8.15. The minimum atomic E-state index is -0.0983. The van der Waals surface area contributed by atoms with Gasteiger partial charge in [-0.15, -0.1) is 6.42 Å². The second-order valence-corrected chi connectivity index (χ2v) is 4.26. The summed E-state index contributed by atoms with van der Waals surface area (Å²) in [6, 6.07) is 10.1. The molecule has 0 aliphatic rings. The Labute approximate surface area is 110 Å². The summed E-state index contributed by atoms with van der Waals surface area (Å²) in [7, 11) is 0. The number of nitrogens with two attached hydrogens (primary N) is 1. The van der Waals surface area contributed by atoms with E-state index in [0.717, 1.165) is 24.8 Å². The zero-order valence-corrected chi connectivity index (χ0v) is 10.9. The first-order valence-electron chi connectivity index (χ1n) is 6.39. The smallest absolute Gasteiger partial charge is 0.108 e. The SMILES string of the molecule is C#CCOC(c1ccccc1)C(CCCC)NN. The first-order chi connectivity index (χ1) is 8.83. The Bertz CT molecular complexity index is 359. The predicted octanol–water partition coefficient (Wildman–Crippen LogP) is 2.40. The Kier molecular flexibility index (Phi) is 7.12. The molecule has 0 aliphatic heterocycles. The lowest BCUT2D eigenvalue weighted by molar-refractivity contribution is 0.0431. The quantitative estimate of drug-likeness (QED) is 0.420. The average Bonchev–Trinajstić information content (AvgIpc) is 2.43. The predicted molar refractivity (Wildman–Crippen MR) is 74.6 cm³/mol. The van der Waals surface area contributed by atoms with Crippen molar-refractivity contribution < 1.29 is 4.74 Å². The van der Waals surface area contributed by atoms with E-state index < -0.39 is 0 Å². The summed E-state index contributed by atoms with van der Waals surface area (Å²) in [5, 5.41) is 0. The summed E-state index contributed by atoms with van der Waals surface area (Å²) < 4.78 is 5.75. The minimum absolute atomic E-state index is 0.0840. The normalized spacial score (nSPS) is 13.8. The number of ether oxygens (including phenoxy) is 1. The van der Waals surface area contributed by atoms with Gasteiger partial charge in [0.1, 0.15) is 12.7 Å². The van der Waals surface area contributed by atoms with Gasteiger partial charge in [-0.3, -0.25) is 11.3 Å². The number of rotatable bonds is 8. The van der Waals surface area contributed by atoms with Crippen LogP contribution in [0.1, 0.15) is 37.9 Å². The van der Waals surface area contributed by atoms with Gasteiger partial charge in [0.2, 0.25) is 0 Å². The fourth-order valence-electron chi connectivity index (χ4n) is 1.97. The van der Waals surface area contributed by atoms with E-state index in [1.165, 1.54) is 0 Å². The molecule has 3 N–H and O–H groups in total. The van der Waals surface area contributed by atoms with Crippen LogP contribution < -0.4 is 11.3 Å². The van der Waals surface area contributed by atoms with Crippen molar-refractivity contribution >= 4 is 0 Å². The Morgan fingerprint density at radius 1 is 1.39 bits per heavy atom. The van der Waals surface area contributed by atoms with Crippen LogP contribution in [0.3, 0.4) is 0 Å². The maximum Gasteiger partial charge on any atom is 0.108 e. The highest BCUT2D eigenvalue weighted by molar-refractivity contribution is 5.19. The van der Waals surface area contributed by atoms with Gasteiger partial charge in [-0.2, -0.15) is 0 Å². The summed E-state index contributed by atoms with van der Waals surface area (Å²) in [6.07, 6.45) is 8.38. The van der Waals surface area contributed by atoms with Crippen molar-refractivity contribution in [1.29, 1.82) is 0 Å². The highest BCUT2D eigenvalue weighted by Crippen LogP contribution is 2.23. The highest BCUT2D eigenvalue weighted by Gasteiger charge is 2.22. The van der Waals surface area contributed by atoms with Gasteiger partial charge in [0.25, 0.3) is 0 Å². The fraction of sp³-hybridized carbons (Fsp3) is 0.467. The lowest BCUT2D eigenvalue weighted by atomic mass is 9.98. The van der Waals surface area contributed by atoms with Gasteiger partial charge >= 0.3 is 0 Å². The Balaban J connectivity index is 2.79. The molecule has 0 saturated heterocycles. The van der Waals surface area contributed by atoms with Gasteiger partial charge in [0.05, 0.1) is 6.04 Å². The molecular formula is C15H22N2O. The third kappa shape index (κ3) is 4.50. The van der Waals surface area contributed by atoms with Crippen molar-refractivity contribution in [3.63, 3.8) is 0 Å². The van der Waals surface area contributed by atoms with E-state index in [1.807, 2.05) is 30.3 Å². The van der Waals surface area contributed by atoms with Crippen molar-refractivity contribution in [3.8, 4) is 12.3 Å². The summed E-state index contributed by atoms with van der Waals surface area (Å²) in [6.45, 7) is 2.46. The molecule has 0 amide bonds. The summed E-state index contributed by atoms with van der Waals surface area (Å²) in [4.78, 5) is 0. The number of terminal acetylenes is 1. The molecule has 0 bridgehead atoms. The first-order valence-corrected chi connectivity index (χ1v) is 6.39. The number of unbranched alkanes of at least 4 members (excludes halogenated alkanes) is 1. The Morgan fingerprint density at radius 3 is 2.67 bits per heavy atom. The molecule has 0 saturated carbocycles. The van der Waals surface area contributed by atoms with E-state index in [-0.39, 0.29) is 12.1 Å². The van der Waals surface area contributed by atoms with Crippen LogP contribution in [-0.4, -0.2) is 12.6 Å². The second-order valence-electron chi connectivity index (χ2n) is 4.26. The molecule has 0 aliphatic carbocycles. The van der Waals surface area contributed by atoms with E-state index in [1.54, 1.807) is 0 Å². The van der Waals surface area contributed by atoms with E-state index >= 15 is 0 Å². The molecular weight excluding hydrogens is 224 g/mol. The molecule has 2 unspecified atom stereocenters. The average molecular weight is 246 g/mol. The van der Waals surface area contributed by atoms with Crippen molar-refractivity contribution in [2.24, 2.45) is 5.84 Å². The zero-order chi connectivity index (χ0) is 13.2. The van der Waals surface area contributed by atoms with Crippen molar-refractivity contribution in [2.45, 2.75) is 38.3 Å². The molecule has 0 spiro atoms. The third-order valence-electron chi connectivity index (χ3n) is 2.92. The van der Waals surface area contributed by atoms with Gasteiger partial charge < -0.3 is 4.74 Å². The van der Waals surface area contributed by atoms with Crippen LogP contribution >= 0.6 is 0 Å². The maximum atomic E-state index is 5.75. The van der Waals surface area contributed by atoms with Gasteiger partial charge in [0.15, 0.2) is 0 Å². The molecule has 3 nitrogen and oxygen atoms in total. The maximum absolute atomic E-state index is 5.75. The van der Waals surface area contributed by atoms with Crippen molar-refractivity contribution in [1.82, 2.24) is 5.43 Å². The number of hydrogen-bond donors (Lipinski definition) is 2. The summed E-state index contributed by atoms with van der Waals surface area (Å²) in [5.41, 5.74) is 3.95. The molecule has 98 valence electrons. The van der Waals surface area contributed by atoms with Crippen LogP contribution in [0.4, 0.5) is 0 Å². The highest BCUT2D eigenvalue weighted by atomic mass is 16.5. The van der Waals surface area contributed by atoms with Gasteiger partial charge in [-0.1, -0.05) is 56.0 Å². The molecule has 18 heavy (non-hydrogen) atoms. The standard InChI is InChI=1S/C15H22N2O/c1-3-5-11-14(17-16)15(18-12-4-2)13-9-7-6-8-10-13/h2,6-10,14-15,17H,3,5,11-12,16H2,1H3. The minimum Gasteiger partial charge on any atom is -0.359 e. The van der Waals surface area contributed by atoms with Crippen LogP contribution in [0, 0.1) is 12.3 Å². The van der Waals surface area contributed by atoms with Gasteiger partial charge in [-0.05, 0) is 12.0 Å². The molecule has 0 radical (unpaired) electrons. The Hall–Kier alpha value is -1.34. The monoisotopic (exact) mass is 246 g/mol. The van der Waals surface area contributed by atoms with Crippen molar-refractivity contribution in [3.05, 3.63) is 35.9 Å². The molecule has 0 aromatic heterocycles. The van der Waals surface area contributed by atoms with E-state index in [2.05, 4.69) is 18.3 Å². The molecule has 3 heteroatoms. The molecule has 0 heterocycles. The Morgan fingerprint density at radius 2 is 2.11 bits per heavy atom. The molecule has 1 rings (SSSR count). The largest absolute Gasteiger partial charge is 0.359 e. The van der Waals surface area contributed by atoms with E-state index in [0.29, 0.717) is 6.61 Å². The van der Waals surface area contributed by atoms with Gasteiger partial charge in [0, 0.05) is 0 Å². The zero-order valence-electron chi connectivity index (χ0n) is 10.9. The molecule has 0 fully saturated rings. The molecule has 1 aromatic carbocycles. The van der Waals surface area contributed by atoms with Crippen LogP contribution in [0.15, 0.2) is 30.3 Å². The van der Waals surface area contributed by atoms with Crippen LogP contribution in [0.2, 0.25) is 0 Å². The molecule has 2 atom stereocenters. The van der Waals surface area contributed by atoms with Crippen LogP contribution in [-0.2, 0) is 4.74 Å². The summed E-state index contributed by atoms with van der Waals surface area (Å²) >= 11 is 0.